The van der Waals surface area contributed by atoms with Gasteiger partial charge >= 0.3 is 0 Å². The minimum atomic E-state index is -0.0876. The highest BCUT2D eigenvalue weighted by Gasteiger charge is 2.28. The van der Waals surface area contributed by atoms with E-state index in [0.29, 0.717) is 29.5 Å². The Hall–Kier alpha value is -2.64. The summed E-state index contributed by atoms with van der Waals surface area (Å²) in [6.07, 6.45) is 1.78. The number of thiazole rings is 1. The van der Waals surface area contributed by atoms with E-state index in [2.05, 4.69) is 14.9 Å². The van der Waals surface area contributed by atoms with E-state index in [0.717, 1.165) is 39.5 Å². The fraction of sp³-hybridized carbons (Fsp3) is 0.250. The highest BCUT2D eigenvalue weighted by atomic mass is 35.5. The van der Waals surface area contributed by atoms with Gasteiger partial charge in [-0.25, -0.2) is 9.97 Å². The Bertz CT molecular complexity index is 1160. The van der Waals surface area contributed by atoms with Gasteiger partial charge in [0.2, 0.25) is 0 Å². The summed E-state index contributed by atoms with van der Waals surface area (Å²) < 4.78 is 5.84. The van der Waals surface area contributed by atoms with Crippen LogP contribution in [0.3, 0.4) is 0 Å². The number of carbonyl (C=O) groups is 1. The monoisotopic (exact) mass is 412 g/mol. The maximum Gasteiger partial charge on any atom is 0.290 e. The van der Waals surface area contributed by atoms with Crippen molar-refractivity contribution in [1.82, 2.24) is 14.9 Å². The number of benzene rings is 1. The van der Waals surface area contributed by atoms with Gasteiger partial charge in [-0.15, -0.1) is 0 Å². The van der Waals surface area contributed by atoms with Gasteiger partial charge in [0.05, 0.1) is 5.02 Å². The molecule has 1 aromatic carbocycles. The molecule has 0 unspecified atom stereocenters. The van der Waals surface area contributed by atoms with Gasteiger partial charge in [-0.3, -0.25) is 4.79 Å². The average molecular weight is 413 g/mol. The van der Waals surface area contributed by atoms with Crippen molar-refractivity contribution in [3.05, 3.63) is 52.9 Å². The standard InChI is InChI=1S/C20H17ClN4O2S/c1-12-13-4-2-5-14(21)17(13)27-16(12)19(26)24-8-10-25(11-9-24)20-23-15-6-3-7-22-18(15)28-20/h2-7H,8-11H2,1H3. The third-order valence-corrected chi connectivity index (χ3v) is 6.44. The number of hydrogen-bond acceptors (Lipinski definition) is 6. The Balaban J connectivity index is 1.34. The maximum absolute atomic E-state index is 13.0. The lowest BCUT2D eigenvalue weighted by Crippen LogP contribution is -2.48. The topological polar surface area (TPSA) is 62.5 Å². The second-order valence-corrected chi connectivity index (χ2v) is 8.14. The SMILES string of the molecule is Cc1c(C(=O)N2CCN(c3nc4cccnc4s3)CC2)oc2c(Cl)cccc12. The van der Waals surface area contributed by atoms with Crippen molar-refractivity contribution < 1.29 is 9.21 Å². The molecule has 6 nitrogen and oxygen atoms in total. The normalized spacial score (nSPS) is 14.9. The molecule has 0 radical (unpaired) electrons. The summed E-state index contributed by atoms with van der Waals surface area (Å²) in [5, 5.41) is 2.36. The molecule has 4 heterocycles. The predicted octanol–water partition coefficient (Wildman–Crippen LogP) is 4.36. The van der Waals surface area contributed by atoms with Crippen molar-refractivity contribution in [1.29, 1.82) is 0 Å². The van der Waals surface area contributed by atoms with E-state index in [1.54, 1.807) is 23.6 Å². The van der Waals surface area contributed by atoms with Crippen molar-refractivity contribution >= 4 is 55.3 Å². The van der Waals surface area contributed by atoms with Gasteiger partial charge in [0.25, 0.3) is 5.91 Å². The molecule has 0 atom stereocenters. The second kappa shape index (κ2) is 6.76. The fourth-order valence-electron chi connectivity index (χ4n) is 3.55. The Kier molecular flexibility index (Phi) is 4.21. The van der Waals surface area contributed by atoms with Crippen LogP contribution in [0.4, 0.5) is 5.13 Å². The number of aromatic nitrogens is 2. The number of aryl methyl sites for hydroxylation is 1. The molecule has 1 fully saturated rings. The molecule has 1 amide bonds. The summed E-state index contributed by atoms with van der Waals surface area (Å²) in [7, 11) is 0. The van der Waals surface area contributed by atoms with Gasteiger partial charge in [-0.2, -0.15) is 0 Å². The zero-order valence-corrected chi connectivity index (χ0v) is 16.8. The van der Waals surface area contributed by atoms with Crippen LogP contribution < -0.4 is 4.90 Å². The molecule has 0 N–H and O–H groups in total. The molecule has 8 heteroatoms. The van der Waals surface area contributed by atoms with E-state index in [4.69, 9.17) is 16.0 Å². The summed E-state index contributed by atoms with van der Waals surface area (Å²) in [6, 6.07) is 9.43. The van der Waals surface area contributed by atoms with Crippen LogP contribution in [0, 0.1) is 6.92 Å². The Morgan fingerprint density at radius 2 is 2.00 bits per heavy atom. The van der Waals surface area contributed by atoms with Gasteiger partial charge in [0.15, 0.2) is 16.5 Å². The van der Waals surface area contributed by atoms with E-state index in [9.17, 15) is 4.79 Å². The van der Waals surface area contributed by atoms with Crippen molar-refractivity contribution in [2.75, 3.05) is 31.1 Å². The second-order valence-electron chi connectivity index (χ2n) is 6.78. The third-order valence-electron chi connectivity index (χ3n) is 5.10. The minimum Gasteiger partial charge on any atom is -0.449 e. The summed E-state index contributed by atoms with van der Waals surface area (Å²) in [5.41, 5.74) is 2.32. The molecule has 5 rings (SSSR count). The Morgan fingerprint density at radius 1 is 1.18 bits per heavy atom. The number of carbonyl (C=O) groups excluding carboxylic acids is 1. The fourth-order valence-corrected chi connectivity index (χ4v) is 4.72. The van der Waals surface area contributed by atoms with Crippen LogP contribution in [0.25, 0.3) is 21.3 Å². The van der Waals surface area contributed by atoms with Crippen LogP contribution in [0.1, 0.15) is 16.1 Å². The summed E-state index contributed by atoms with van der Waals surface area (Å²) >= 11 is 7.80. The summed E-state index contributed by atoms with van der Waals surface area (Å²) in [5.74, 6) is 0.288. The molecule has 1 saturated heterocycles. The molecule has 28 heavy (non-hydrogen) atoms. The molecular formula is C20H17ClN4O2S. The molecule has 3 aromatic heterocycles. The molecule has 0 spiro atoms. The zero-order chi connectivity index (χ0) is 19.3. The number of pyridine rings is 1. The lowest BCUT2D eigenvalue weighted by atomic mass is 10.1. The predicted molar refractivity (Wildman–Crippen MR) is 111 cm³/mol. The molecule has 1 aliphatic rings. The van der Waals surface area contributed by atoms with Crippen LogP contribution >= 0.6 is 22.9 Å². The highest BCUT2D eigenvalue weighted by Crippen LogP contribution is 2.32. The third kappa shape index (κ3) is 2.82. The summed E-state index contributed by atoms with van der Waals surface area (Å²) in [6.45, 7) is 4.59. The lowest BCUT2D eigenvalue weighted by Gasteiger charge is -2.34. The average Bonchev–Trinajstić information content (AvgIpc) is 3.30. The van der Waals surface area contributed by atoms with Crippen molar-refractivity contribution in [2.24, 2.45) is 0 Å². The largest absolute Gasteiger partial charge is 0.449 e. The highest BCUT2D eigenvalue weighted by molar-refractivity contribution is 7.21. The van der Waals surface area contributed by atoms with Gasteiger partial charge in [-0.05, 0) is 25.1 Å². The number of rotatable bonds is 2. The van der Waals surface area contributed by atoms with Gasteiger partial charge in [0, 0.05) is 43.3 Å². The zero-order valence-electron chi connectivity index (χ0n) is 15.2. The first kappa shape index (κ1) is 17.5. The van der Waals surface area contributed by atoms with Gasteiger partial charge in [0.1, 0.15) is 10.3 Å². The first-order valence-corrected chi connectivity index (χ1v) is 10.2. The Morgan fingerprint density at radius 3 is 2.75 bits per heavy atom. The van der Waals surface area contributed by atoms with Crippen LogP contribution in [0.2, 0.25) is 5.02 Å². The lowest BCUT2D eigenvalue weighted by molar-refractivity contribution is 0.0716. The maximum atomic E-state index is 13.0. The number of fused-ring (bicyclic) bond motifs is 2. The number of nitrogens with zero attached hydrogens (tertiary/aromatic N) is 4. The van der Waals surface area contributed by atoms with Crippen LogP contribution in [-0.2, 0) is 0 Å². The van der Waals surface area contributed by atoms with Crippen molar-refractivity contribution in [3.63, 3.8) is 0 Å². The van der Waals surface area contributed by atoms with Gasteiger partial charge < -0.3 is 14.2 Å². The number of furan rings is 1. The Labute approximate surface area is 170 Å². The van der Waals surface area contributed by atoms with Gasteiger partial charge in [-0.1, -0.05) is 35.1 Å². The van der Waals surface area contributed by atoms with E-state index in [1.807, 2.05) is 36.1 Å². The van der Waals surface area contributed by atoms with Crippen LogP contribution in [-0.4, -0.2) is 47.0 Å². The van der Waals surface area contributed by atoms with E-state index < -0.39 is 0 Å². The molecule has 142 valence electrons. The number of anilines is 1. The first-order chi connectivity index (χ1) is 13.6. The molecule has 0 bridgehead atoms. The number of hydrogen-bond donors (Lipinski definition) is 0. The minimum absolute atomic E-state index is 0.0876. The van der Waals surface area contributed by atoms with Crippen LogP contribution in [0.15, 0.2) is 40.9 Å². The smallest absolute Gasteiger partial charge is 0.290 e. The van der Waals surface area contributed by atoms with Crippen molar-refractivity contribution in [2.45, 2.75) is 6.92 Å². The molecule has 4 aromatic rings. The van der Waals surface area contributed by atoms with E-state index in [1.165, 1.54) is 0 Å². The van der Waals surface area contributed by atoms with Crippen LogP contribution in [0.5, 0.6) is 0 Å². The quantitative estimate of drug-likeness (QED) is 0.489. The van der Waals surface area contributed by atoms with E-state index in [-0.39, 0.29) is 5.91 Å². The van der Waals surface area contributed by atoms with Crippen molar-refractivity contribution in [3.8, 4) is 0 Å². The molecule has 0 saturated carbocycles. The van der Waals surface area contributed by atoms with E-state index >= 15 is 0 Å². The first-order valence-electron chi connectivity index (χ1n) is 9.05. The molecule has 0 aliphatic carbocycles. The number of piperazine rings is 1. The molecule has 1 aliphatic heterocycles. The number of halogens is 1. The number of amides is 1. The molecular weight excluding hydrogens is 396 g/mol. The number of para-hydroxylation sites is 1. The summed E-state index contributed by atoms with van der Waals surface area (Å²) in [4.78, 5) is 27.0.